The fraction of sp³-hybridized carbons (Fsp3) is 0.364. The summed E-state index contributed by atoms with van der Waals surface area (Å²) in [4.78, 5) is 57.2. The van der Waals surface area contributed by atoms with E-state index in [2.05, 4.69) is 32.6 Å². The summed E-state index contributed by atoms with van der Waals surface area (Å²) in [7, 11) is 6.28. The number of benzene rings is 4. The van der Waals surface area contributed by atoms with Crippen molar-refractivity contribution in [1.29, 1.82) is 0 Å². The summed E-state index contributed by atoms with van der Waals surface area (Å²) in [6.07, 6.45) is 2.60. The second-order valence-electron chi connectivity index (χ2n) is 14.5. The minimum Gasteiger partial charge on any atom is -0.493 e. The minimum absolute atomic E-state index is 0.00115. The van der Waals surface area contributed by atoms with Gasteiger partial charge in [-0.1, -0.05) is 0 Å². The van der Waals surface area contributed by atoms with E-state index in [0.29, 0.717) is 73.1 Å². The minimum atomic E-state index is -0.00115. The molecule has 4 aliphatic heterocycles. The topological polar surface area (TPSA) is 142 Å². The Kier molecular flexibility index (Phi) is 12.2. The summed E-state index contributed by atoms with van der Waals surface area (Å²) in [5.41, 5.74) is 7.63. The van der Waals surface area contributed by atoms with E-state index in [1.807, 2.05) is 34.1 Å². The average molecular weight is 791 g/mol. The molecular formula is C44H50N6O8. The quantitative estimate of drug-likeness (QED) is 0.248. The Hall–Kier alpha value is -6.44. The molecule has 0 aromatic heterocycles. The zero-order chi connectivity index (χ0) is 40.8. The van der Waals surface area contributed by atoms with Crippen molar-refractivity contribution in [2.24, 2.45) is 0 Å². The molecule has 0 radical (unpaired) electrons. The van der Waals surface area contributed by atoms with Crippen LogP contribution in [-0.2, 0) is 22.4 Å². The van der Waals surface area contributed by atoms with E-state index in [0.717, 1.165) is 61.8 Å². The van der Waals surface area contributed by atoms with Crippen LogP contribution in [0.15, 0.2) is 72.8 Å². The number of fused-ring (bicyclic) bond motifs is 2. The SMILES string of the molecule is COc1ccc(C(=O)N2CCN(c3ccc4c(c3)CCC(=O)N4)CC2)cc1OC.COc1ccc(C(=O)N2CCN(c3ccc4c(c3)CCC(=O)N4)CC2)cc1OC. The summed E-state index contributed by atoms with van der Waals surface area (Å²) < 4.78 is 21.1. The van der Waals surface area contributed by atoms with E-state index < -0.39 is 0 Å². The van der Waals surface area contributed by atoms with Crippen LogP contribution in [0.5, 0.6) is 23.0 Å². The number of methoxy groups -OCH3 is 4. The van der Waals surface area contributed by atoms with E-state index in [9.17, 15) is 19.2 Å². The number of nitrogens with zero attached hydrogens (tertiary/aromatic N) is 4. The number of aryl methyl sites for hydroxylation is 2. The normalized spacial score (nSPS) is 16.1. The number of carbonyl (C=O) groups excluding carboxylic acids is 4. The molecule has 4 aliphatic rings. The predicted octanol–water partition coefficient (Wildman–Crippen LogP) is 5.10. The molecule has 14 heteroatoms. The Bertz CT molecular complexity index is 2020. The van der Waals surface area contributed by atoms with Gasteiger partial charge in [0.1, 0.15) is 0 Å². The van der Waals surface area contributed by atoms with Crippen LogP contribution in [0.25, 0.3) is 0 Å². The van der Waals surface area contributed by atoms with Gasteiger partial charge in [0.2, 0.25) is 11.8 Å². The molecule has 4 aromatic rings. The highest BCUT2D eigenvalue weighted by atomic mass is 16.5. The van der Waals surface area contributed by atoms with Crippen molar-refractivity contribution in [1.82, 2.24) is 9.80 Å². The first kappa shape index (κ1) is 39.8. The predicted molar refractivity (Wildman–Crippen MR) is 222 cm³/mol. The van der Waals surface area contributed by atoms with Crippen LogP contribution >= 0.6 is 0 Å². The molecule has 0 bridgehead atoms. The zero-order valence-corrected chi connectivity index (χ0v) is 33.5. The van der Waals surface area contributed by atoms with Crippen molar-refractivity contribution in [2.75, 3.05) is 101 Å². The molecule has 14 nitrogen and oxygen atoms in total. The molecule has 0 aliphatic carbocycles. The Morgan fingerprint density at radius 2 is 0.845 bits per heavy atom. The molecule has 2 fully saturated rings. The monoisotopic (exact) mass is 790 g/mol. The molecule has 4 aromatic carbocycles. The highest BCUT2D eigenvalue weighted by molar-refractivity contribution is 5.97. The van der Waals surface area contributed by atoms with Gasteiger partial charge in [0.15, 0.2) is 23.0 Å². The Morgan fingerprint density at radius 1 is 0.466 bits per heavy atom. The lowest BCUT2D eigenvalue weighted by atomic mass is 10.0. The maximum Gasteiger partial charge on any atom is 0.254 e. The standard InChI is InChI=1S/2C22H25N3O4/c2*1-28-19-7-3-16(14-20(19)29-2)22(27)25-11-9-24(10-12-25)17-5-6-18-15(13-17)4-8-21(26)23-18/h2*3,5-7,13-14H,4,8-12H2,1-2H3,(H,23,26). The van der Waals surface area contributed by atoms with Crippen molar-refractivity contribution in [3.63, 3.8) is 0 Å². The summed E-state index contributed by atoms with van der Waals surface area (Å²) >= 11 is 0. The van der Waals surface area contributed by atoms with Gasteiger partial charge in [-0.15, -0.1) is 0 Å². The van der Waals surface area contributed by atoms with Crippen molar-refractivity contribution in [2.45, 2.75) is 25.7 Å². The highest BCUT2D eigenvalue weighted by Gasteiger charge is 2.26. The molecule has 4 amide bonds. The first-order valence-corrected chi connectivity index (χ1v) is 19.6. The van der Waals surface area contributed by atoms with Gasteiger partial charge in [-0.25, -0.2) is 0 Å². The molecule has 304 valence electrons. The molecular weight excluding hydrogens is 741 g/mol. The van der Waals surface area contributed by atoms with E-state index in [1.54, 1.807) is 64.8 Å². The largest absolute Gasteiger partial charge is 0.493 e. The molecule has 0 unspecified atom stereocenters. The van der Waals surface area contributed by atoms with Crippen molar-refractivity contribution in [3.05, 3.63) is 95.1 Å². The third-order valence-electron chi connectivity index (χ3n) is 11.1. The fourth-order valence-electron chi connectivity index (χ4n) is 7.77. The number of hydrogen-bond donors (Lipinski definition) is 2. The summed E-state index contributed by atoms with van der Waals surface area (Å²) in [6, 6.07) is 22.8. The van der Waals surface area contributed by atoms with Gasteiger partial charge in [-0.05, 0) is 96.8 Å². The molecule has 0 saturated carbocycles. The van der Waals surface area contributed by atoms with Crippen molar-refractivity contribution in [3.8, 4) is 23.0 Å². The number of amides is 4. The van der Waals surface area contributed by atoms with Gasteiger partial charge in [0.05, 0.1) is 28.4 Å². The number of hydrogen-bond acceptors (Lipinski definition) is 10. The van der Waals surface area contributed by atoms with E-state index >= 15 is 0 Å². The lowest BCUT2D eigenvalue weighted by Gasteiger charge is -2.36. The van der Waals surface area contributed by atoms with Crippen LogP contribution in [0.1, 0.15) is 44.7 Å². The molecule has 0 spiro atoms. The molecule has 2 saturated heterocycles. The molecule has 8 rings (SSSR count). The number of carbonyl (C=O) groups is 4. The Morgan fingerprint density at radius 3 is 1.21 bits per heavy atom. The Balaban J connectivity index is 0.000000177. The van der Waals surface area contributed by atoms with Gasteiger partial charge in [0.25, 0.3) is 11.8 Å². The first-order valence-electron chi connectivity index (χ1n) is 19.6. The third-order valence-corrected chi connectivity index (χ3v) is 11.1. The number of rotatable bonds is 8. The average Bonchev–Trinajstić information content (AvgIpc) is 3.28. The molecule has 58 heavy (non-hydrogen) atoms. The number of ether oxygens (including phenoxy) is 4. The summed E-state index contributed by atoms with van der Waals surface area (Å²) in [6.45, 7) is 5.69. The van der Waals surface area contributed by atoms with E-state index in [-0.39, 0.29) is 23.6 Å². The van der Waals surface area contributed by atoms with Gasteiger partial charge in [0, 0.05) is 99.1 Å². The van der Waals surface area contributed by atoms with Gasteiger partial charge in [-0.3, -0.25) is 19.2 Å². The molecule has 4 heterocycles. The number of anilines is 4. The highest BCUT2D eigenvalue weighted by Crippen LogP contribution is 2.32. The molecule has 0 atom stereocenters. The van der Waals surface area contributed by atoms with Crippen LogP contribution in [0.2, 0.25) is 0 Å². The number of nitrogens with one attached hydrogen (secondary N) is 2. The summed E-state index contributed by atoms with van der Waals surface area (Å²) in [5.74, 6) is 2.48. The smallest absolute Gasteiger partial charge is 0.254 e. The van der Waals surface area contributed by atoms with Gasteiger partial charge < -0.3 is 49.2 Å². The maximum atomic E-state index is 12.9. The van der Waals surface area contributed by atoms with Crippen molar-refractivity contribution < 1.29 is 38.1 Å². The van der Waals surface area contributed by atoms with Gasteiger partial charge in [-0.2, -0.15) is 0 Å². The van der Waals surface area contributed by atoms with E-state index in [4.69, 9.17) is 18.9 Å². The number of piperazine rings is 2. The van der Waals surface area contributed by atoms with Crippen LogP contribution < -0.4 is 39.4 Å². The van der Waals surface area contributed by atoms with Crippen LogP contribution in [0.4, 0.5) is 22.7 Å². The third kappa shape index (κ3) is 8.75. The second kappa shape index (κ2) is 17.8. The van der Waals surface area contributed by atoms with Crippen LogP contribution in [0.3, 0.4) is 0 Å². The summed E-state index contributed by atoms with van der Waals surface area (Å²) in [5, 5.41) is 5.84. The lowest BCUT2D eigenvalue weighted by Crippen LogP contribution is -2.48. The fourth-order valence-corrected chi connectivity index (χ4v) is 7.77. The molecule has 2 N–H and O–H groups in total. The van der Waals surface area contributed by atoms with Crippen molar-refractivity contribution >= 4 is 46.4 Å². The van der Waals surface area contributed by atoms with Gasteiger partial charge >= 0.3 is 0 Å². The zero-order valence-electron chi connectivity index (χ0n) is 33.5. The Labute approximate surface area is 338 Å². The van der Waals surface area contributed by atoms with Crippen LogP contribution in [-0.4, -0.2) is 114 Å². The van der Waals surface area contributed by atoms with E-state index in [1.165, 1.54) is 11.1 Å². The lowest BCUT2D eigenvalue weighted by molar-refractivity contribution is -0.117. The second-order valence-corrected chi connectivity index (χ2v) is 14.5. The first-order chi connectivity index (χ1) is 28.2. The van der Waals surface area contributed by atoms with Crippen LogP contribution in [0, 0.1) is 0 Å². The maximum absolute atomic E-state index is 12.9.